The van der Waals surface area contributed by atoms with Crippen LogP contribution in [0.3, 0.4) is 0 Å². The number of carbonyl (C=O) groups is 2. The molecule has 4 N–H and O–H groups in total. The minimum absolute atomic E-state index is 0.0920. The fraction of sp³-hybridized carbons (Fsp3) is 0.125. The second kappa shape index (κ2) is 8.31. The Balaban J connectivity index is 1.72. The summed E-state index contributed by atoms with van der Waals surface area (Å²) in [6.07, 6.45) is 3.33. The van der Waals surface area contributed by atoms with E-state index in [0.29, 0.717) is 22.4 Å². The second-order valence-corrected chi connectivity index (χ2v) is 7.39. The standard InChI is InChI=1S/C24H21N3O4/c25-21-12-16(6-9-22(21)29)24(31)27-13-17(11-18-3-1-2-10-26-18)23(30)20(14-27)15-4-7-19(28)8-5-15/h1-12,20,28-29H,13-14,25H2. The first-order valence-electron chi connectivity index (χ1n) is 9.75. The van der Waals surface area contributed by atoms with Gasteiger partial charge in [-0.05, 0) is 54.1 Å². The lowest BCUT2D eigenvalue weighted by Gasteiger charge is -2.34. The number of piperidine rings is 1. The summed E-state index contributed by atoms with van der Waals surface area (Å²) in [5.74, 6) is -0.963. The van der Waals surface area contributed by atoms with Crippen molar-refractivity contribution in [1.82, 2.24) is 9.88 Å². The first-order valence-corrected chi connectivity index (χ1v) is 9.75. The van der Waals surface area contributed by atoms with Gasteiger partial charge < -0.3 is 20.8 Å². The lowest BCUT2D eigenvalue weighted by molar-refractivity contribution is -0.118. The zero-order valence-corrected chi connectivity index (χ0v) is 16.6. The molecule has 2 heterocycles. The number of benzene rings is 2. The van der Waals surface area contributed by atoms with Crippen LogP contribution in [0.5, 0.6) is 11.5 Å². The van der Waals surface area contributed by atoms with Gasteiger partial charge in [0.15, 0.2) is 5.78 Å². The molecule has 1 fully saturated rings. The van der Waals surface area contributed by atoms with E-state index in [2.05, 4.69) is 4.98 Å². The monoisotopic (exact) mass is 415 g/mol. The summed E-state index contributed by atoms with van der Waals surface area (Å²) in [6, 6.07) is 16.1. The average Bonchev–Trinajstić information content (AvgIpc) is 2.78. The van der Waals surface area contributed by atoms with Crippen molar-refractivity contribution in [2.75, 3.05) is 18.8 Å². The number of aromatic nitrogens is 1. The van der Waals surface area contributed by atoms with E-state index in [0.717, 1.165) is 0 Å². The van der Waals surface area contributed by atoms with E-state index >= 15 is 0 Å². The molecule has 7 heteroatoms. The number of hydrogen-bond acceptors (Lipinski definition) is 6. The van der Waals surface area contributed by atoms with Crippen LogP contribution >= 0.6 is 0 Å². The maximum absolute atomic E-state index is 13.3. The molecular weight excluding hydrogens is 394 g/mol. The van der Waals surface area contributed by atoms with E-state index in [9.17, 15) is 19.8 Å². The smallest absolute Gasteiger partial charge is 0.254 e. The summed E-state index contributed by atoms with van der Waals surface area (Å²) in [5.41, 5.74) is 7.98. The number of phenols is 2. The number of nitrogen functional groups attached to an aromatic ring is 1. The molecule has 0 aliphatic carbocycles. The third-order valence-electron chi connectivity index (χ3n) is 5.26. The highest BCUT2D eigenvalue weighted by Crippen LogP contribution is 2.30. The number of ketones is 1. The molecule has 7 nitrogen and oxygen atoms in total. The molecule has 1 amide bonds. The van der Waals surface area contributed by atoms with E-state index in [4.69, 9.17) is 5.73 Å². The number of anilines is 1. The molecule has 0 spiro atoms. The van der Waals surface area contributed by atoms with Gasteiger partial charge in [-0.3, -0.25) is 14.6 Å². The molecule has 1 atom stereocenters. The van der Waals surface area contributed by atoms with Crippen molar-refractivity contribution in [1.29, 1.82) is 0 Å². The SMILES string of the molecule is Nc1cc(C(=O)N2CC(=Cc3ccccn3)C(=O)C(c3ccc(O)cc3)C2)ccc1O. The van der Waals surface area contributed by atoms with E-state index in [-0.39, 0.29) is 42.0 Å². The molecule has 1 aromatic heterocycles. The minimum Gasteiger partial charge on any atom is -0.508 e. The molecule has 4 rings (SSSR count). The first kappa shape index (κ1) is 20.2. The molecule has 156 valence electrons. The van der Waals surface area contributed by atoms with Crippen LogP contribution in [0.25, 0.3) is 6.08 Å². The van der Waals surface area contributed by atoms with Gasteiger partial charge in [0.1, 0.15) is 11.5 Å². The molecular formula is C24H21N3O4. The fourth-order valence-corrected chi connectivity index (χ4v) is 3.62. The highest BCUT2D eigenvalue weighted by atomic mass is 16.3. The number of aromatic hydroxyl groups is 2. The number of nitrogens with zero attached hydrogens (tertiary/aromatic N) is 2. The Morgan fingerprint density at radius 2 is 1.87 bits per heavy atom. The van der Waals surface area contributed by atoms with E-state index in [1.54, 1.807) is 41.4 Å². The van der Waals surface area contributed by atoms with E-state index in [1.165, 1.54) is 30.3 Å². The Morgan fingerprint density at radius 3 is 2.55 bits per heavy atom. The lowest BCUT2D eigenvalue weighted by atomic mass is 9.85. The van der Waals surface area contributed by atoms with Crippen molar-refractivity contribution < 1.29 is 19.8 Å². The van der Waals surface area contributed by atoms with E-state index < -0.39 is 5.92 Å². The maximum atomic E-state index is 13.3. The van der Waals surface area contributed by atoms with Crippen molar-refractivity contribution in [2.45, 2.75) is 5.92 Å². The van der Waals surface area contributed by atoms with Crippen molar-refractivity contribution in [2.24, 2.45) is 0 Å². The number of pyridine rings is 1. The number of carbonyl (C=O) groups excluding carboxylic acids is 2. The second-order valence-electron chi connectivity index (χ2n) is 7.39. The van der Waals surface area contributed by atoms with Gasteiger partial charge >= 0.3 is 0 Å². The fourth-order valence-electron chi connectivity index (χ4n) is 3.62. The molecule has 0 saturated carbocycles. The van der Waals surface area contributed by atoms with Crippen LogP contribution in [0.15, 0.2) is 72.4 Å². The molecule has 1 aliphatic heterocycles. The summed E-state index contributed by atoms with van der Waals surface area (Å²) in [5, 5.41) is 19.3. The highest BCUT2D eigenvalue weighted by molar-refractivity contribution is 6.07. The number of amides is 1. The number of likely N-dealkylation sites (tertiary alicyclic amines) is 1. The summed E-state index contributed by atoms with van der Waals surface area (Å²) >= 11 is 0. The zero-order chi connectivity index (χ0) is 22.0. The summed E-state index contributed by atoms with van der Waals surface area (Å²) < 4.78 is 0. The maximum Gasteiger partial charge on any atom is 0.254 e. The largest absolute Gasteiger partial charge is 0.508 e. The molecule has 1 saturated heterocycles. The topological polar surface area (TPSA) is 117 Å². The lowest BCUT2D eigenvalue weighted by Crippen LogP contribution is -2.44. The summed E-state index contributed by atoms with van der Waals surface area (Å²) in [6.45, 7) is 0.312. The summed E-state index contributed by atoms with van der Waals surface area (Å²) in [7, 11) is 0. The normalized spacial score (nSPS) is 17.7. The van der Waals surface area contributed by atoms with Gasteiger partial charge in [0.05, 0.1) is 17.3 Å². The van der Waals surface area contributed by atoms with Crippen LogP contribution in [0.4, 0.5) is 5.69 Å². The van der Waals surface area contributed by atoms with Crippen LogP contribution in [0.2, 0.25) is 0 Å². The number of phenolic OH excluding ortho intramolecular Hbond substituents is 2. The number of rotatable bonds is 3. The van der Waals surface area contributed by atoms with Crippen molar-refractivity contribution in [3.05, 3.63) is 89.3 Å². The van der Waals surface area contributed by atoms with Gasteiger partial charge in [-0.15, -0.1) is 0 Å². The Labute approximate surface area is 179 Å². The van der Waals surface area contributed by atoms with Crippen LogP contribution in [-0.2, 0) is 4.79 Å². The Kier molecular flexibility index (Phi) is 5.41. The Hall–Kier alpha value is -4.13. The van der Waals surface area contributed by atoms with Gasteiger partial charge in [0.25, 0.3) is 5.91 Å². The Morgan fingerprint density at radius 1 is 1.10 bits per heavy atom. The molecule has 2 aromatic carbocycles. The molecule has 31 heavy (non-hydrogen) atoms. The van der Waals surface area contributed by atoms with Gasteiger partial charge in [-0.25, -0.2) is 0 Å². The van der Waals surface area contributed by atoms with Gasteiger partial charge in [-0.1, -0.05) is 18.2 Å². The predicted molar refractivity (Wildman–Crippen MR) is 116 cm³/mol. The molecule has 1 aliphatic rings. The number of hydrogen-bond donors (Lipinski definition) is 3. The Bertz CT molecular complexity index is 1160. The van der Waals surface area contributed by atoms with Crippen LogP contribution < -0.4 is 5.73 Å². The number of nitrogens with two attached hydrogens (primary N) is 1. The van der Waals surface area contributed by atoms with Crippen molar-refractivity contribution in [3.8, 4) is 11.5 Å². The van der Waals surface area contributed by atoms with Crippen molar-refractivity contribution in [3.63, 3.8) is 0 Å². The average molecular weight is 415 g/mol. The minimum atomic E-state index is -0.581. The van der Waals surface area contributed by atoms with Gasteiger partial charge in [-0.2, -0.15) is 0 Å². The van der Waals surface area contributed by atoms with Crippen molar-refractivity contribution >= 4 is 23.5 Å². The third kappa shape index (κ3) is 4.25. The first-order chi connectivity index (χ1) is 14.9. The van der Waals surface area contributed by atoms with Crippen LogP contribution in [-0.4, -0.2) is 44.9 Å². The van der Waals surface area contributed by atoms with Crippen LogP contribution in [0, 0.1) is 0 Å². The molecule has 0 bridgehead atoms. The summed E-state index contributed by atoms with van der Waals surface area (Å²) in [4.78, 5) is 32.3. The van der Waals surface area contributed by atoms with Gasteiger partial charge in [0, 0.05) is 30.4 Å². The van der Waals surface area contributed by atoms with Crippen LogP contribution in [0.1, 0.15) is 27.5 Å². The molecule has 1 unspecified atom stereocenters. The quantitative estimate of drug-likeness (QED) is 0.344. The third-order valence-corrected chi connectivity index (χ3v) is 5.26. The van der Waals surface area contributed by atoms with E-state index in [1.807, 2.05) is 6.07 Å². The number of Topliss-reactive ketones (excluding diaryl/α,β-unsaturated/α-hetero) is 1. The predicted octanol–water partition coefficient (Wildman–Crippen LogP) is 2.97. The zero-order valence-electron chi connectivity index (χ0n) is 16.6. The molecule has 0 radical (unpaired) electrons. The highest BCUT2D eigenvalue weighted by Gasteiger charge is 2.35. The molecule has 3 aromatic rings. The van der Waals surface area contributed by atoms with Gasteiger partial charge in [0.2, 0.25) is 0 Å².